The Bertz CT molecular complexity index is 872. The molecular formula is C14H11ClN2O2S. The minimum atomic E-state index is -3.55. The van der Waals surface area contributed by atoms with Crippen LogP contribution in [-0.4, -0.2) is 17.4 Å². The molecule has 0 aliphatic heterocycles. The standard InChI is InChI=1S/C14H11ClN2O2S/c15-12-6-2-1-5-11(12)9-20(18,19)17-10-16-13-7-3-4-8-14(13)17/h1-8,10H,9H2. The van der Waals surface area contributed by atoms with Crippen LogP contribution < -0.4 is 0 Å². The van der Waals surface area contributed by atoms with Gasteiger partial charge in [-0.25, -0.2) is 17.4 Å². The molecule has 0 fully saturated rings. The van der Waals surface area contributed by atoms with E-state index in [-0.39, 0.29) is 5.75 Å². The average molecular weight is 307 g/mol. The SMILES string of the molecule is O=S(=O)(Cc1ccccc1Cl)n1cnc2ccccc21. The molecule has 0 radical (unpaired) electrons. The van der Waals surface area contributed by atoms with Crippen LogP contribution in [-0.2, 0) is 15.8 Å². The number of hydrogen-bond donors (Lipinski definition) is 0. The van der Waals surface area contributed by atoms with Gasteiger partial charge in [0.05, 0.1) is 16.8 Å². The summed E-state index contributed by atoms with van der Waals surface area (Å²) in [5, 5.41) is 0.445. The van der Waals surface area contributed by atoms with Gasteiger partial charge in [0.2, 0.25) is 10.0 Å². The highest BCUT2D eigenvalue weighted by Gasteiger charge is 2.18. The Labute approximate surface area is 121 Å². The molecule has 0 aliphatic rings. The minimum Gasteiger partial charge on any atom is -0.236 e. The van der Waals surface area contributed by atoms with Crippen molar-refractivity contribution in [2.24, 2.45) is 0 Å². The number of halogens is 1. The van der Waals surface area contributed by atoms with E-state index in [9.17, 15) is 8.42 Å². The van der Waals surface area contributed by atoms with Crippen LogP contribution in [0.2, 0.25) is 5.02 Å². The number of fused-ring (bicyclic) bond motifs is 1. The molecule has 0 amide bonds. The largest absolute Gasteiger partial charge is 0.244 e. The predicted molar refractivity (Wildman–Crippen MR) is 79.2 cm³/mol. The van der Waals surface area contributed by atoms with Crippen molar-refractivity contribution >= 4 is 32.7 Å². The molecule has 0 aliphatic carbocycles. The monoisotopic (exact) mass is 306 g/mol. The van der Waals surface area contributed by atoms with Crippen LogP contribution in [0.4, 0.5) is 0 Å². The number of benzene rings is 2. The van der Waals surface area contributed by atoms with Gasteiger partial charge in [-0.05, 0) is 23.8 Å². The van der Waals surface area contributed by atoms with E-state index in [1.807, 2.05) is 6.07 Å². The van der Waals surface area contributed by atoms with Crippen molar-refractivity contribution in [2.45, 2.75) is 5.75 Å². The quantitative estimate of drug-likeness (QED) is 0.747. The lowest BCUT2D eigenvalue weighted by Crippen LogP contribution is -2.14. The Hall–Kier alpha value is -1.85. The number of rotatable bonds is 3. The van der Waals surface area contributed by atoms with E-state index in [0.29, 0.717) is 21.6 Å². The van der Waals surface area contributed by atoms with Gasteiger partial charge < -0.3 is 0 Å². The van der Waals surface area contributed by atoms with E-state index < -0.39 is 10.0 Å². The van der Waals surface area contributed by atoms with Crippen LogP contribution in [0.15, 0.2) is 54.9 Å². The van der Waals surface area contributed by atoms with Gasteiger partial charge in [0, 0.05) is 5.02 Å². The second kappa shape index (κ2) is 4.92. The van der Waals surface area contributed by atoms with E-state index in [1.165, 1.54) is 10.3 Å². The molecule has 3 aromatic rings. The fourth-order valence-corrected chi connectivity index (χ4v) is 3.75. The highest BCUT2D eigenvalue weighted by Crippen LogP contribution is 2.21. The van der Waals surface area contributed by atoms with E-state index in [1.54, 1.807) is 42.5 Å². The predicted octanol–water partition coefficient (Wildman–Crippen LogP) is 3.07. The fraction of sp³-hybridized carbons (Fsp3) is 0.0714. The van der Waals surface area contributed by atoms with Crippen LogP contribution in [0.3, 0.4) is 0 Å². The van der Waals surface area contributed by atoms with Crippen molar-refractivity contribution in [3.05, 3.63) is 65.4 Å². The highest BCUT2D eigenvalue weighted by molar-refractivity contribution is 7.89. The van der Waals surface area contributed by atoms with E-state index in [2.05, 4.69) is 4.98 Å². The van der Waals surface area contributed by atoms with Gasteiger partial charge in [0.1, 0.15) is 6.33 Å². The maximum atomic E-state index is 12.5. The van der Waals surface area contributed by atoms with Gasteiger partial charge in [-0.15, -0.1) is 0 Å². The molecule has 1 aromatic heterocycles. The van der Waals surface area contributed by atoms with Crippen molar-refractivity contribution in [1.29, 1.82) is 0 Å². The highest BCUT2D eigenvalue weighted by atomic mass is 35.5. The summed E-state index contributed by atoms with van der Waals surface area (Å²) in [7, 11) is -3.55. The van der Waals surface area contributed by atoms with Crippen molar-refractivity contribution in [3.8, 4) is 0 Å². The molecule has 3 rings (SSSR count). The molecule has 0 unspecified atom stereocenters. The molecule has 2 aromatic carbocycles. The molecule has 0 bridgehead atoms. The zero-order valence-electron chi connectivity index (χ0n) is 10.4. The molecule has 0 saturated carbocycles. The minimum absolute atomic E-state index is 0.160. The first kappa shape index (κ1) is 13.1. The van der Waals surface area contributed by atoms with Crippen LogP contribution in [0, 0.1) is 0 Å². The third-order valence-corrected chi connectivity index (χ3v) is 4.95. The van der Waals surface area contributed by atoms with Crippen LogP contribution in [0.25, 0.3) is 11.0 Å². The lowest BCUT2D eigenvalue weighted by molar-refractivity contribution is 0.588. The first-order valence-corrected chi connectivity index (χ1v) is 7.95. The van der Waals surface area contributed by atoms with Crippen LogP contribution in [0.5, 0.6) is 0 Å². The van der Waals surface area contributed by atoms with Gasteiger partial charge in [-0.3, -0.25) is 0 Å². The maximum absolute atomic E-state index is 12.5. The average Bonchev–Trinajstić information content (AvgIpc) is 2.86. The zero-order chi connectivity index (χ0) is 14.2. The summed E-state index contributed by atoms with van der Waals surface area (Å²) in [5.74, 6) is -0.160. The number of hydrogen-bond acceptors (Lipinski definition) is 3. The fourth-order valence-electron chi connectivity index (χ4n) is 2.04. The normalized spacial score (nSPS) is 11.8. The summed E-state index contributed by atoms with van der Waals surface area (Å²) in [6.45, 7) is 0. The summed E-state index contributed by atoms with van der Waals surface area (Å²) in [6.07, 6.45) is 1.33. The zero-order valence-corrected chi connectivity index (χ0v) is 12.0. The first-order valence-electron chi connectivity index (χ1n) is 5.97. The third kappa shape index (κ3) is 2.30. The lowest BCUT2D eigenvalue weighted by Gasteiger charge is -2.07. The molecule has 0 saturated heterocycles. The Morgan fingerprint density at radius 1 is 1.05 bits per heavy atom. The van der Waals surface area contributed by atoms with Crippen molar-refractivity contribution in [1.82, 2.24) is 8.96 Å². The molecule has 6 heteroatoms. The smallest absolute Gasteiger partial charge is 0.236 e. The van der Waals surface area contributed by atoms with Gasteiger partial charge >= 0.3 is 0 Å². The van der Waals surface area contributed by atoms with Gasteiger partial charge in [-0.1, -0.05) is 41.9 Å². The Morgan fingerprint density at radius 3 is 2.55 bits per heavy atom. The van der Waals surface area contributed by atoms with E-state index in [0.717, 1.165) is 0 Å². The van der Waals surface area contributed by atoms with Gasteiger partial charge in [-0.2, -0.15) is 0 Å². The number of aromatic nitrogens is 2. The molecule has 1 heterocycles. The molecule has 102 valence electrons. The second-order valence-corrected chi connectivity index (χ2v) is 6.63. The van der Waals surface area contributed by atoms with E-state index in [4.69, 9.17) is 11.6 Å². The van der Waals surface area contributed by atoms with Crippen LogP contribution in [0.1, 0.15) is 5.56 Å². The summed E-state index contributed by atoms with van der Waals surface area (Å²) in [5.41, 5.74) is 1.79. The molecule has 0 N–H and O–H groups in total. The van der Waals surface area contributed by atoms with Crippen LogP contribution >= 0.6 is 11.6 Å². The maximum Gasteiger partial charge on any atom is 0.244 e. The summed E-state index contributed by atoms with van der Waals surface area (Å²) >= 11 is 6.02. The second-order valence-electron chi connectivity index (χ2n) is 4.38. The first-order chi connectivity index (χ1) is 9.58. The molecule has 0 atom stereocenters. The van der Waals surface area contributed by atoms with Crippen molar-refractivity contribution in [3.63, 3.8) is 0 Å². The molecule has 4 nitrogen and oxygen atoms in total. The van der Waals surface area contributed by atoms with E-state index >= 15 is 0 Å². The number of nitrogens with zero attached hydrogens (tertiary/aromatic N) is 2. The summed E-state index contributed by atoms with van der Waals surface area (Å²) in [6, 6.07) is 14.0. The molecule has 0 spiro atoms. The Morgan fingerprint density at radius 2 is 1.75 bits per heavy atom. The number of imidazole rings is 1. The van der Waals surface area contributed by atoms with Gasteiger partial charge in [0.25, 0.3) is 0 Å². The summed E-state index contributed by atoms with van der Waals surface area (Å²) in [4.78, 5) is 4.10. The Balaban J connectivity index is 2.07. The summed E-state index contributed by atoms with van der Waals surface area (Å²) < 4.78 is 26.2. The lowest BCUT2D eigenvalue weighted by atomic mass is 10.2. The Kier molecular flexibility index (Phi) is 3.23. The van der Waals surface area contributed by atoms with Crippen molar-refractivity contribution in [2.75, 3.05) is 0 Å². The third-order valence-electron chi connectivity index (χ3n) is 3.02. The number of para-hydroxylation sites is 2. The van der Waals surface area contributed by atoms with Gasteiger partial charge in [0.15, 0.2) is 0 Å². The molecule has 20 heavy (non-hydrogen) atoms. The molecular weight excluding hydrogens is 296 g/mol. The topological polar surface area (TPSA) is 52.0 Å². The van der Waals surface area contributed by atoms with Crippen molar-refractivity contribution < 1.29 is 8.42 Å².